The lowest BCUT2D eigenvalue weighted by Gasteiger charge is -2.17. The molecule has 2 N–H and O–H groups in total. The van der Waals surface area contributed by atoms with Crippen molar-refractivity contribution in [3.05, 3.63) is 65.2 Å². The van der Waals surface area contributed by atoms with Gasteiger partial charge >= 0.3 is 0 Å². The summed E-state index contributed by atoms with van der Waals surface area (Å²) in [6.45, 7) is 4.91. The van der Waals surface area contributed by atoms with Gasteiger partial charge in [0.05, 0.1) is 0 Å². The van der Waals surface area contributed by atoms with E-state index < -0.39 is 0 Å². The van der Waals surface area contributed by atoms with Crippen LogP contribution in [0.5, 0.6) is 0 Å². The Bertz CT molecular complexity index is 505. The van der Waals surface area contributed by atoms with Crippen molar-refractivity contribution in [2.24, 2.45) is 5.73 Å². The van der Waals surface area contributed by atoms with E-state index in [4.69, 9.17) is 5.73 Å². The molecule has 18 heavy (non-hydrogen) atoms. The van der Waals surface area contributed by atoms with Gasteiger partial charge in [0, 0.05) is 16.7 Å². The summed E-state index contributed by atoms with van der Waals surface area (Å²) >= 11 is 1.84. The van der Waals surface area contributed by atoms with Crippen LogP contribution in [0.3, 0.4) is 0 Å². The molecule has 2 heteroatoms. The minimum absolute atomic E-state index is 0.328. The molecule has 2 rings (SSSR count). The van der Waals surface area contributed by atoms with Gasteiger partial charge in [-0.1, -0.05) is 42.0 Å². The average molecular weight is 257 g/mol. The molecular weight excluding hydrogens is 238 g/mol. The van der Waals surface area contributed by atoms with E-state index in [9.17, 15) is 0 Å². The molecule has 0 amide bonds. The van der Waals surface area contributed by atoms with Gasteiger partial charge in [0.2, 0.25) is 0 Å². The summed E-state index contributed by atoms with van der Waals surface area (Å²) in [4.78, 5) is 1.28. The lowest BCUT2D eigenvalue weighted by Crippen LogP contribution is -2.10. The summed E-state index contributed by atoms with van der Waals surface area (Å²) < 4.78 is 0. The topological polar surface area (TPSA) is 26.0 Å². The number of benzene rings is 2. The molecule has 0 radical (unpaired) electrons. The maximum Gasteiger partial charge on any atom is 0.0469 e. The van der Waals surface area contributed by atoms with Gasteiger partial charge in [0.15, 0.2) is 0 Å². The molecule has 94 valence electrons. The molecule has 0 aromatic heterocycles. The normalized spacial score (nSPS) is 12.4. The molecule has 0 aliphatic rings. The highest BCUT2D eigenvalue weighted by atomic mass is 32.2. The van der Waals surface area contributed by atoms with Gasteiger partial charge in [-0.2, -0.15) is 0 Å². The third kappa shape index (κ3) is 3.15. The van der Waals surface area contributed by atoms with Gasteiger partial charge in [-0.3, -0.25) is 0 Å². The fourth-order valence-electron chi connectivity index (χ4n) is 1.97. The zero-order valence-corrected chi connectivity index (χ0v) is 11.7. The summed E-state index contributed by atoms with van der Waals surface area (Å²) in [6, 6.07) is 17.1. The smallest absolute Gasteiger partial charge is 0.0469 e. The van der Waals surface area contributed by atoms with Crippen LogP contribution < -0.4 is 5.73 Å². The molecule has 0 saturated carbocycles. The second-order valence-electron chi connectivity index (χ2n) is 4.51. The Labute approximate surface area is 113 Å². The molecule has 1 unspecified atom stereocenters. The predicted molar refractivity (Wildman–Crippen MR) is 80.0 cm³/mol. The summed E-state index contributed by atoms with van der Waals surface area (Å²) in [5, 5.41) is 0.328. The first-order valence-electron chi connectivity index (χ1n) is 6.19. The minimum Gasteiger partial charge on any atom is -0.329 e. The number of thioether (sulfide) groups is 1. The average Bonchev–Trinajstić information content (AvgIpc) is 2.39. The van der Waals surface area contributed by atoms with E-state index in [1.54, 1.807) is 0 Å². The lowest BCUT2D eigenvalue weighted by atomic mass is 10.1. The van der Waals surface area contributed by atoms with Gasteiger partial charge in [-0.15, -0.1) is 11.8 Å². The van der Waals surface area contributed by atoms with Crippen molar-refractivity contribution in [3.63, 3.8) is 0 Å². The van der Waals surface area contributed by atoms with Gasteiger partial charge in [0.25, 0.3) is 0 Å². The van der Waals surface area contributed by atoms with E-state index in [1.807, 2.05) is 11.8 Å². The highest BCUT2D eigenvalue weighted by molar-refractivity contribution is 7.99. The van der Waals surface area contributed by atoms with Gasteiger partial charge < -0.3 is 5.73 Å². The summed E-state index contributed by atoms with van der Waals surface area (Å²) in [6.07, 6.45) is 0. The Morgan fingerprint density at radius 1 is 1.00 bits per heavy atom. The number of aryl methyl sites for hydroxylation is 2. The predicted octanol–water partition coefficient (Wildman–Crippen LogP) is 4.10. The third-order valence-corrected chi connectivity index (χ3v) is 4.32. The number of nitrogens with two attached hydrogens (primary N) is 1. The van der Waals surface area contributed by atoms with Crippen LogP contribution in [0, 0.1) is 13.8 Å². The zero-order valence-electron chi connectivity index (χ0n) is 10.9. The third-order valence-electron chi connectivity index (χ3n) is 3.05. The van der Waals surface area contributed by atoms with Crippen molar-refractivity contribution in [2.75, 3.05) is 6.54 Å². The maximum absolute atomic E-state index is 5.93. The fourth-order valence-corrected chi connectivity index (χ4v) is 3.08. The molecule has 2 aromatic rings. The highest BCUT2D eigenvalue weighted by Gasteiger charge is 2.13. The quantitative estimate of drug-likeness (QED) is 0.835. The molecule has 1 nitrogen and oxygen atoms in total. The number of hydrogen-bond donors (Lipinski definition) is 1. The van der Waals surface area contributed by atoms with Crippen molar-refractivity contribution >= 4 is 11.8 Å². The number of rotatable bonds is 4. The van der Waals surface area contributed by atoms with Crippen LogP contribution in [0.4, 0.5) is 0 Å². The van der Waals surface area contributed by atoms with Crippen LogP contribution in [-0.4, -0.2) is 6.54 Å². The van der Waals surface area contributed by atoms with Crippen LogP contribution >= 0.6 is 11.8 Å². The van der Waals surface area contributed by atoms with Crippen LogP contribution in [0.1, 0.15) is 21.9 Å². The van der Waals surface area contributed by atoms with E-state index in [2.05, 4.69) is 62.4 Å². The van der Waals surface area contributed by atoms with Crippen LogP contribution in [0.15, 0.2) is 53.4 Å². The van der Waals surface area contributed by atoms with Crippen molar-refractivity contribution in [3.8, 4) is 0 Å². The van der Waals surface area contributed by atoms with Crippen LogP contribution in [0.2, 0.25) is 0 Å². The van der Waals surface area contributed by atoms with Crippen molar-refractivity contribution < 1.29 is 0 Å². The number of hydrogen-bond acceptors (Lipinski definition) is 2. The van der Waals surface area contributed by atoms with Gasteiger partial charge in [-0.25, -0.2) is 0 Å². The van der Waals surface area contributed by atoms with Crippen LogP contribution in [-0.2, 0) is 0 Å². The molecule has 0 heterocycles. The Morgan fingerprint density at radius 2 is 1.67 bits per heavy atom. The van der Waals surface area contributed by atoms with Crippen molar-refractivity contribution in [1.29, 1.82) is 0 Å². The molecule has 0 aliphatic carbocycles. The first-order chi connectivity index (χ1) is 8.70. The molecule has 0 bridgehead atoms. The van der Waals surface area contributed by atoms with E-state index in [-0.39, 0.29) is 0 Å². The standard InChI is InChI=1S/C16H19NS/c1-12-7-9-14(10-8-12)18-16(11-17)15-6-4-3-5-13(15)2/h3-10,16H,11,17H2,1-2H3. The van der Waals surface area contributed by atoms with E-state index in [1.165, 1.54) is 21.6 Å². The minimum atomic E-state index is 0.328. The first kappa shape index (κ1) is 13.2. The molecule has 0 fully saturated rings. The first-order valence-corrected chi connectivity index (χ1v) is 7.07. The fraction of sp³-hybridized carbons (Fsp3) is 0.250. The van der Waals surface area contributed by atoms with E-state index in [0.29, 0.717) is 11.8 Å². The summed E-state index contributed by atoms with van der Waals surface area (Å²) in [5.74, 6) is 0. The molecule has 1 atom stereocenters. The van der Waals surface area contributed by atoms with E-state index >= 15 is 0 Å². The molecular formula is C16H19NS. The second kappa shape index (κ2) is 6.07. The zero-order chi connectivity index (χ0) is 13.0. The van der Waals surface area contributed by atoms with E-state index in [0.717, 1.165) is 0 Å². The Kier molecular flexibility index (Phi) is 4.45. The Morgan fingerprint density at radius 3 is 2.28 bits per heavy atom. The monoisotopic (exact) mass is 257 g/mol. The molecule has 0 saturated heterocycles. The lowest BCUT2D eigenvalue weighted by molar-refractivity contribution is 0.931. The van der Waals surface area contributed by atoms with Gasteiger partial charge in [0.1, 0.15) is 0 Å². The maximum atomic E-state index is 5.93. The Hall–Kier alpha value is -1.25. The Balaban J connectivity index is 2.20. The van der Waals surface area contributed by atoms with Crippen molar-refractivity contribution in [2.45, 2.75) is 24.0 Å². The van der Waals surface area contributed by atoms with Crippen LogP contribution in [0.25, 0.3) is 0 Å². The van der Waals surface area contributed by atoms with Gasteiger partial charge in [-0.05, 0) is 37.1 Å². The second-order valence-corrected chi connectivity index (χ2v) is 5.79. The van der Waals surface area contributed by atoms with Crippen molar-refractivity contribution in [1.82, 2.24) is 0 Å². The molecule has 0 aliphatic heterocycles. The molecule has 2 aromatic carbocycles. The summed E-state index contributed by atoms with van der Waals surface area (Å²) in [7, 11) is 0. The summed E-state index contributed by atoms with van der Waals surface area (Å²) in [5.41, 5.74) is 9.87. The SMILES string of the molecule is Cc1ccc(SC(CN)c2ccccc2C)cc1. The largest absolute Gasteiger partial charge is 0.329 e. The highest BCUT2D eigenvalue weighted by Crippen LogP contribution is 2.35. The molecule has 0 spiro atoms.